The summed E-state index contributed by atoms with van der Waals surface area (Å²) in [4.78, 5) is 24.5. The molecule has 0 aliphatic carbocycles. The molecule has 1 N–H and O–H groups in total. The Morgan fingerprint density at radius 1 is 0.794 bits per heavy atom. The number of carbonyl (C=O) groups is 2. The third-order valence-electron chi connectivity index (χ3n) is 6.07. The number of hydrogen-bond donors (Lipinski definition) is 1. The molecule has 5 aromatic rings. The van der Waals surface area contributed by atoms with Crippen LogP contribution in [0.4, 0.5) is 4.79 Å². The standard InChI is InChI=1S/C29H27NO4/c1-17(30-28(32)34-29(2,3)4)27(31)33-16-19-14-15-24-22-12-6-9-18-8-5-11-21(25(18)22)23-13-7-10-20(19)26(23)24/h5-15,17H,16H2,1-4H3,(H,30,32). The van der Waals surface area contributed by atoms with Crippen molar-refractivity contribution in [1.82, 2.24) is 5.32 Å². The van der Waals surface area contributed by atoms with Gasteiger partial charge in [-0.15, -0.1) is 0 Å². The van der Waals surface area contributed by atoms with E-state index in [-0.39, 0.29) is 6.61 Å². The summed E-state index contributed by atoms with van der Waals surface area (Å²) in [7, 11) is 0. The molecular weight excluding hydrogens is 426 g/mol. The van der Waals surface area contributed by atoms with E-state index in [4.69, 9.17) is 9.47 Å². The van der Waals surface area contributed by atoms with Crippen LogP contribution in [-0.2, 0) is 20.9 Å². The molecule has 5 heteroatoms. The lowest BCUT2D eigenvalue weighted by molar-refractivity contribution is -0.147. The van der Waals surface area contributed by atoms with E-state index in [2.05, 4.69) is 59.9 Å². The van der Waals surface area contributed by atoms with E-state index in [9.17, 15) is 9.59 Å². The third kappa shape index (κ3) is 3.87. The summed E-state index contributed by atoms with van der Waals surface area (Å²) < 4.78 is 10.8. The first kappa shape index (κ1) is 22.0. The smallest absolute Gasteiger partial charge is 0.408 e. The second-order valence-electron chi connectivity index (χ2n) is 9.69. The lowest BCUT2D eigenvalue weighted by Crippen LogP contribution is -2.42. The number of benzene rings is 5. The van der Waals surface area contributed by atoms with Crippen molar-refractivity contribution in [1.29, 1.82) is 0 Å². The zero-order valence-electron chi connectivity index (χ0n) is 19.8. The zero-order valence-corrected chi connectivity index (χ0v) is 19.8. The summed E-state index contributed by atoms with van der Waals surface area (Å²) in [5, 5.41) is 12.1. The van der Waals surface area contributed by atoms with Crippen molar-refractivity contribution >= 4 is 55.2 Å². The van der Waals surface area contributed by atoms with Crippen LogP contribution in [0.15, 0.2) is 66.7 Å². The van der Waals surface area contributed by atoms with Gasteiger partial charge in [0.25, 0.3) is 0 Å². The van der Waals surface area contributed by atoms with Gasteiger partial charge in [-0.2, -0.15) is 0 Å². The fourth-order valence-electron chi connectivity index (χ4n) is 4.65. The second kappa shape index (κ2) is 8.17. The molecule has 0 radical (unpaired) electrons. The molecule has 0 saturated carbocycles. The van der Waals surface area contributed by atoms with E-state index in [0.717, 1.165) is 10.9 Å². The maximum atomic E-state index is 12.6. The van der Waals surface area contributed by atoms with Gasteiger partial charge in [-0.3, -0.25) is 0 Å². The summed E-state index contributed by atoms with van der Waals surface area (Å²) in [6.07, 6.45) is -0.647. The molecule has 1 amide bonds. The molecule has 0 aromatic heterocycles. The van der Waals surface area contributed by atoms with Gasteiger partial charge in [-0.1, -0.05) is 66.7 Å². The van der Waals surface area contributed by atoms with Crippen LogP contribution in [0.2, 0.25) is 0 Å². The molecule has 0 bridgehead atoms. The maximum Gasteiger partial charge on any atom is 0.408 e. The number of alkyl carbamates (subject to hydrolysis) is 1. The average Bonchev–Trinajstić information content (AvgIpc) is 2.79. The molecule has 1 unspecified atom stereocenters. The molecule has 172 valence electrons. The van der Waals surface area contributed by atoms with Crippen LogP contribution in [0.25, 0.3) is 43.1 Å². The molecule has 0 heterocycles. The highest BCUT2D eigenvalue weighted by molar-refractivity contribution is 6.33. The summed E-state index contributed by atoms with van der Waals surface area (Å²) in [6.45, 7) is 7.01. The Bertz CT molecular complexity index is 1500. The van der Waals surface area contributed by atoms with Crippen LogP contribution < -0.4 is 5.32 Å². The molecule has 0 aliphatic heterocycles. The van der Waals surface area contributed by atoms with Crippen LogP contribution in [0.1, 0.15) is 33.3 Å². The predicted molar refractivity (Wildman–Crippen MR) is 136 cm³/mol. The van der Waals surface area contributed by atoms with Gasteiger partial charge in [0.2, 0.25) is 0 Å². The van der Waals surface area contributed by atoms with Gasteiger partial charge < -0.3 is 14.8 Å². The van der Waals surface area contributed by atoms with Crippen molar-refractivity contribution in [2.75, 3.05) is 0 Å². The fourth-order valence-corrected chi connectivity index (χ4v) is 4.65. The van der Waals surface area contributed by atoms with Crippen molar-refractivity contribution < 1.29 is 19.1 Å². The predicted octanol–water partition coefficient (Wildman–Crippen LogP) is 6.69. The van der Waals surface area contributed by atoms with Gasteiger partial charge in [-0.05, 0) is 76.3 Å². The first-order valence-electron chi connectivity index (χ1n) is 11.5. The number of hydrogen-bond acceptors (Lipinski definition) is 4. The van der Waals surface area contributed by atoms with E-state index in [1.807, 2.05) is 12.1 Å². The van der Waals surface area contributed by atoms with Crippen LogP contribution >= 0.6 is 0 Å². The van der Waals surface area contributed by atoms with Crippen LogP contribution in [-0.4, -0.2) is 23.7 Å². The highest BCUT2D eigenvalue weighted by Crippen LogP contribution is 2.40. The minimum absolute atomic E-state index is 0.116. The van der Waals surface area contributed by atoms with Crippen LogP contribution in [0.3, 0.4) is 0 Å². The number of fused-ring (bicyclic) bond motifs is 2. The highest BCUT2D eigenvalue weighted by Gasteiger charge is 2.22. The van der Waals surface area contributed by atoms with Gasteiger partial charge in [0.05, 0.1) is 0 Å². The van der Waals surface area contributed by atoms with Crippen molar-refractivity contribution in [2.45, 2.75) is 45.9 Å². The Morgan fingerprint density at radius 2 is 1.35 bits per heavy atom. The monoisotopic (exact) mass is 453 g/mol. The first-order chi connectivity index (χ1) is 16.2. The molecule has 5 rings (SSSR count). The molecule has 34 heavy (non-hydrogen) atoms. The van der Waals surface area contributed by atoms with Crippen LogP contribution in [0, 0.1) is 0 Å². The highest BCUT2D eigenvalue weighted by atomic mass is 16.6. The van der Waals surface area contributed by atoms with E-state index >= 15 is 0 Å². The Labute approximate surface area is 198 Å². The van der Waals surface area contributed by atoms with E-state index in [1.54, 1.807) is 27.7 Å². The largest absolute Gasteiger partial charge is 0.459 e. The third-order valence-corrected chi connectivity index (χ3v) is 6.07. The van der Waals surface area contributed by atoms with Gasteiger partial charge in [0, 0.05) is 0 Å². The lowest BCUT2D eigenvalue weighted by Gasteiger charge is -2.21. The summed E-state index contributed by atoms with van der Waals surface area (Å²) >= 11 is 0. The number of nitrogens with one attached hydrogen (secondary N) is 1. The number of ether oxygens (including phenoxy) is 2. The van der Waals surface area contributed by atoms with E-state index in [0.29, 0.717) is 0 Å². The second-order valence-corrected chi connectivity index (χ2v) is 9.69. The van der Waals surface area contributed by atoms with Gasteiger partial charge in [0.1, 0.15) is 18.2 Å². The minimum Gasteiger partial charge on any atom is -0.459 e. The minimum atomic E-state index is -0.820. The molecule has 0 spiro atoms. The first-order valence-corrected chi connectivity index (χ1v) is 11.5. The Morgan fingerprint density at radius 3 is 2.00 bits per heavy atom. The normalized spacial score (nSPS) is 12.9. The Hall–Kier alpha value is -3.86. The van der Waals surface area contributed by atoms with Crippen molar-refractivity contribution in [3.8, 4) is 0 Å². The molecule has 1 atom stereocenters. The number of rotatable bonds is 4. The average molecular weight is 454 g/mol. The molecule has 0 saturated heterocycles. The van der Waals surface area contributed by atoms with Gasteiger partial charge in [-0.25, -0.2) is 9.59 Å². The Balaban J connectivity index is 1.47. The zero-order chi connectivity index (χ0) is 24.0. The topological polar surface area (TPSA) is 64.6 Å². The number of amides is 1. The molecule has 5 nitrogen and oxygen atoms in total. The maximum absolute atomic E-state index is 12.6. The molecule has 0 aliphatic rings. The number of carbonyl (C=O) groups excluding carboxylic acids is 2. The van der Waals surface area contributed by atoms with Crippen LogP contribution in [0.5, 0.6) is 0 Å². The van der Waals surface area contributed by atoms with Crippen molar-refractivity contribution in [3.63, 3.8) is 0 Å². The van der Waals surface area contributed by atoms with Crippen molar-refractivity contribution in [2.24, 2.45) is 0 Å². The molecular formula is C29H27NO4. The van der Waals surface area contributed by atoms with Crippen molar-refractivity contribution in [3.05, 3.63) is 72.3 Å². The number of esters is 1. The molecule has 5 aromatic carbocycles. The lowest BCUT2D eigenvalue weighted by atomic mass is 9.88. The molecule has 0 fully saturated rings. The van der Waals surface area contributed by atoms with Gasteiger partial charge in [0.15, 0.2) is 0 Å². The van der Waals surface area contributed by atoms with E-state index in [1.165, 1.54) is 37.7 Å². The summed E-state index contributed by atoms with van der Waals surface area (Å²) in [5.74, 6) is -0.513. The SMILES string of the molecule is CC(NC(=O)OC(C)(C)C)C(=O)OCc1ccc2c3cccc4cccc(c5cccc1c52)c43. The summed E-state index contributed by atoms with van der Waals surface area (Å²) in [6, 6.07) is 22.4. The summed E-state index contributed by atoms with van der Waals surface area (Å²) in [5.41, 5.74) is 0.282. The Kier molecular flexibility index (Phi) is 5.28. The quantitative estimate of drug-likeness (QED) is 0.187. The van der Waals surface area contributed by atoms with E-state index < -0.39 is 23.7 Å². The van der Waals surface area contributed by atoms with Gasteiger partial charge >= 0.3 is 12.1 Å². The fraction of sp³-hybridized carbons (Fsp3) is 0.241.